The molecule has 0 saturated carbocycles. The molecule has 9 heteroatoms. The van der Waals surface area contributed by atoms with Gasteiger partial charge >= 0.3 is 5.97 Å². The highest BCUT2D eigenvalue weighted by atomic mass is 32.1. The highest BCUT2D eigenvalue weighted by molar-refractivity contribution is 7.73. The Balaban J connectivity index is 2.36. The van der Waals surface area contributed by atoms with Crippen molar-refractivity contribution in [3.8, 4) is 0 Å². The number of fused-ring (bicyclic) bond motifs is 1. The maximum Gasteiger partial charge on any atom is 0.308 e. The van der Waals surface area contributed by atoms with Crippen molar-refractivity contribution in [1.82, 2.24) is 14.1 Å². The second-order valence-corrected chi connectivity index (χ2v) is 6.20. The lowest BCUT2D eigenvalue weighted by atomic mass is 10.2. The van der Waals surface area contributed by atoms with Crippen LogP contribution in [0.2, 0.25) is 0 Å². The monoisotopic (exact) mass is 341 g/mol. The number of rotatable bonds is 6. The quantitative estimate of drug-likeness (QED) is 0.481. The van der Waals surface area contributed by atoms with Crippen molar-refractivity contribution in [3.63, 3.8) is 0 Å². The fourth-order valence-corrected chi connectivity index (χ4v) is 3.28. The van der Waals surface area contributed by atoms with Crippen LogP contribution >= 0.6 is 23.6 Å². The third kappa shape index (κ3) is 3.32. The van der Waals surface area contributed by atoms with E-state index in [1.807, 2.05) is 0 Å². The summed E-state index contributed by atoms with van der Waals surface area (Å²) in [6, 6.07) is 0. The summed E-state index contributed by atoms with van der Waals surface area (Å²) >= 11 is 6.38. The van der Waals surface area contributed by atoms with Crippen LogP contribution in [0, 0.1) is 3.95 Å². The van der Waals surface area contributed by atoms with Gasteiger partial charge in [0.25, 0.3) is 5.56 Å². The largest absolute Gasteiger partial charge is 0.469 e. The first kappa shape index (κ1) is 16.5. The van der Waals surface area contributed by atoms with Crippen LogP contribution in [0.5, 0.6) is 0 Å². The van der Waals surface area contributed by atoms with Crippen LogP contribution in [-0.2, 0) is 22.6 Å². The van der Waals surface area contributed by atoms with Crippen molar-refractivity contribution >= 4 is 39.9 Å². The van der Waals surface area contributed by atoms with Gasteiger partial charge in [-0.25, -0.2) is 4.98 Å². The standard InChI is InChI=1S/C13H15N3O4S2/c1-3-4-16-11-10(22-13(16)21)12(19)15(7-14-11)6-8(17)5-9(18)20-2/h3,7-8,17H,1,4-6H2,2H3/t8-/m1/s1. The van der Waals surface area contributed by atoms with Crippen LogP contribution in [0.15, 0.2) is 23.8 Å². The average Bonchev–Trinajstić information content (AvgIpc) is 2.80. The van der Waals surface area contributed by atoms with Crippen molar-refractivity contribution in [1.29, 1.82) is 0 Å². The van der Waals surface area contributed by atoms with E-state index in [0.29, 0.717) is 20.8 Å². The van der Waals surface area contributed by atoms with Crippen LogP contribution in [0.4, 0.5) is 0 Å². The number of aliphatic hydroxyl groups excluding tert-OH is 1. The number of methoxy groups -OCH3 is 1. The van der Waals surface area contributed by atoms with Gasteiger partial charge in [0, 0.05) is 6.54 Å². The van der Waals surface area contributed by atoms with E-state index in [4.69, 9.17) is 12.2 Å². The van der Waals surface area contributed by atoms with Crippen molar-refractivity contribution in [2.75, 3.05) is 7.11 Å². The minimum atomic E-state index is -1.02. The molecule has 0 fully saturated rings. The van der Waals surface area contributed by atoms with E-state index in [9.17, 15) is 14.7 Å². The normalized spacial score (nSPS) is 12.3. The number of allylic oxidation sites excluding steroid dienone is 1. The fraction of sp³-hybridized carbons (Fsp3) is 0.385. The molecular weight excluding hydrogens is 326 g/mol. The molecule has 0 unspecified atom stereocenters. The van der Waals surface area contributed by atoms with E-state index in [1.54, 1.807) is 10.6 Å². The summed E-state index contributed by atoms with van der Waals surface area (Å²) in [6.07, 6.45) is 1.81. The molecule has 118 valence electrons. The minimum absolute atomic E-state index is 0.0387. The van der Waals surface area contributed by atoms with Crippen LogP contribution in [0.1, 0.15) is 6.42 Å². The summed E-state index contributed by atoms with van der Waals surface area (Å²) in [5.74, 6) is -0.539. The number of carbonyl (C=O) groups excluding carboxylic acids is 1. The Labute approximate surface area is 135 Å². The Morgan fingerprint density at radius 2 is 2.41 bits per heavy atom. The van der Waals surface area contributed by atoms with E-state index in [2.05, 4.69) is 16.3 Å². The van der Waals surface area contributed by atoms with Gasteiger partial charge in [-0.2, -0.15) is 0 Å². The van der Waals surface area contributed by atoms with Gasteiger partial charge in [-0.3, -0.25) is 14.2 Å². The highest BCUT2D eigenvalue weighted by Crippen LogP contribution is 2.17. The number of carbonyl (C=O) groups is 1. The molecule has 2 aromatic rings. The maximum absolute atomic E-state index is 12.4. The zero-order valence-electron chi connectivity index (χ0n) is 11.9. The second-order valence-electron chi connectivity index (χ2n) is 4.56. The smallest absolute Gasteiger partial charge is 0.308 e. The first-order valence-corrected chi connectivity index (χ1v) is 7.65. The molecule has 0 saturated heterocycles. The Kier molecular flexibility index (Phi) is 5.22. The molecule has 0 aliphatic rings. The minimum Gasteiger partial charge on any atom is -0.469 e. The molecule has 2 rings (SSSR count). The van der Waals surface area contributed by atoms with E-state index in [1.165, 1.54) is 29.3 Å². The van der Waals surface area contributed by atoms with E-state index in [0.717, 1.165) is 0 Å². The second kappa shape index (κ2) is 6.95. The lowest BCUT2D eigenvalue weighted by Gasteiger charge is -2.11. The van der Waals surface area contributed by atoms with Gasteiger partial charge in [0.15, 0.2) is 9.60 Å². The van der Waals surface area contributed by atoms with Crippen LogP contribution in [0.3, 0.4) is 0 Å². The maximum atomic E-state index is 12.4. The molecule has 0 radical (unpaired) electrons. The molecule has 2 heterocycles. The van der Waals surface area contributed by atoms with Crippen LogP contribution < -0.4 is 5.56 Å². The zero-order valence-corrected chi connectivity index (χ0v) is 13.5. The number of esters is 1. The molecule has 2 aromatic heterocycles. The Hall–Kier alpha value is -1.84. The molecule has 0 spiro atoms. The predicted molar refractivity (Wildman–Crippen MR) is 85.5 cm³/mol. The fourth-order valence-electron chi connectivity index (χ4n) is 1.96. The predicted octanol–water partition coefficient (Wildman–Crippen LogP) is 1.10. The molecular formula is C13H15N3O4S2. The Morgan fingerprint density at radius 3 is 3.05 bits per heavy atom. The zero-order chi connectivity index (χ0) is 16.3. The summed E-state index contributed by atoms with van der Waals surface area (Å²) in [4.78, 5) is 27.8. The number of thiazole rings is 1. The molecule has 1 atom stereocenters. The number of aromatic nitrogens is 3. The van der Waals surface area contributed by atoms with E-state index in [-0.39, 0.29) is 18.5 Å². The van der Waals surface area contributed by atoms with E-state index < -0.39 is 12.1 Å². The SMILES string of the molecule is C=CCn1c(=S)sc2c(=O)n(C[C@H](O)CC(=O)OC)cnc21. The molecule has 0 amide bonds. The third-order valence-electron chi connectivity index (χ3n) is 2.99. The summed E-state index contributed by atoms with van der Waals surface area (Å²) in [7, 11) is 1.24. The number of ether oxygens (including phenoxy) is 1. The number of nitrogens with zero attached hydrogens (tertiary/aromatic N) is 3. The average molecular weight is 341 g/mol. The molecule has 0 bridgehead atoms. The van der Waals surface area contributed by atoms with Gasteiger partial charge < -0.3 is 14.4 Å². The van der Waals surface area contributed by atoms with Gasteiger partial charge in [0.05, 0.1) is 26.2 Å². The number of hydrogen-bond donors (Lipinski definition) is 1. The molecule has 0 aliphatic heterocycles. The highest BCUT2D eigenvalue weighted by Gasteiger charge is 2.15. The van der Waals surface area contributed by atoms with Crippen molar-refractivity contribution < 1.29 is 14.6 Å². The van der Waals surface area contributed by atoms with Gasteiger partial charge in [-0.15, -0.1) is 6.58 Å². The number of hydrogen-bond acceptors (Lipinski definition) is 7. The van der Waals surface area contributed by atoms with Crippen molar-refractivity contribution in [2.45, 2.75) is 25.6 Å². The summed E-state index contributed by atoms with van der Waals surface area (Å²) in [5.41, 5.74) is 0.200. The molecule has 0 aromatic carbocycles. The van der Waals surface area contributed by atoms with Gasteiger partial charge in [-0.05, 0) is 12.2 Å². The first-order valence-electron chi connectivity index (χ1n) is 6.42. The van der Waals surface area contributed by atoms with E-state index >= 15 is 0 Å². The lowest BCUT2D eigenvalue weighted by Crippen LogP contribution is -2.28. The lowest BCUT2D eigenvalue weighted by molar-refractivity contribution is -0.142. The summed E-state index contributed by atoms with van der Waals surface area (Å²) < 4.78 is 8.41. The van der Waals surface area contributed by atoms with Crippen molar-refractivity contribution in [2.24, 2.45) is 0 Å². The number of aliphatic hydroxyl groups is 1. The molecule has 0 aliphatic carbocycles. The van der Waals surface area contributed by atoms with Crippen LogP contribution in [-0.4, -0.2) is 38.4 Å². The summed E-state index contributed by atoms with van der Waals surface area (Å²) in [6.45, 7) is 4.08. The summed E-state index contributed by atoms with van der Waals surface area (Å²) in [5, 5.41) is 9.82. The van der Waals surface area contributed by atoms with Gasteiger partial charge in [-0.1, -0.05) is 17.4 Å². The van der Waals surface area contributed by atoms with Gasteiger partial charge in [0.2, 0.25) is 0 Å². The molecule has 22 heavy (non-hydrogen) atoms. The first-order chi connectivity index (χ1) is 10.5. The topological polar surface area (TPSA) is 86.3 Å². The Morgan fingerprint density at radius 1 is 1.68 bits per heavy atom. The van der Waals surface area contributed by atoms with Crippen molar-refractivity contribution in [3.05, 3.63) is 33.3 Å². The van der Waals surface area contributed by atoms with Crippen LogP contribution in [0.25, 0.3) is 10.3 Å². The molecule has 7 nitrogen and oxygen atoms in total. The Bertz CT molecular complexity index is 821. The third-order valence-corrected chi connectivity index (χ3v) is 4.42. The van der Waals surface area contributed by atoms with Gasteiger partial charge in [0.1, 0.15) is 11.0 Å². The molecule has 1 N–H and O–H groups in total.